The molecule has 3 aliphatic carbocycles. The van der Waals surface area contributed by atoms with E-state index in [4.69, 9.17) is 4.74 Å². The summed E-state index contributed by atoms with van der Waals surface area (Å²) in [5, 5.41) is 3.15. The largest absolute Gasteiger partial charge is 0.497 e. The Hall–Kier alpha value is -2.62. The number of nitrogens with one attached hydrogen (secondary N) is 1. The first-order chi connectivity index (χ1) is 15.7. The SMILES string of the molecule is COc1ccc(CNC2=CC(=O)C(C[C@]3(C)[C@@H](C)CC[C@]4(C)C(C)=CCC[C@@H]34)=CC2=O)cc1. The van der Waals surface area contributed by atoms with Crippen LogP contribution in [0.2, 0.25) is 0 Å². The average Bonchev–Trinajstić information content (AvgIpc) is 2.80. The molecule has 1 N–H and O–H groups in total. The van der Waals surface area contributed by atoms with E-state index in [1.807, 2.05) is 24.3 Å². The zero-order chi connectivity index (χ0) is 23.8. The fourth-order valence-electron chi connectivity index (χ4n) is 6.44. The molecule has 4 nitrogen and oxygen atoms in total. The molecule has 4 atom stereocenters. The number of benzene rings is 1. The molecule has 0 bridgehead atoms. The Morgan fingerprint density at radius 3 is 2.48 bits per heavy atom. The van der Waals surface area contributed by atoms with Crippen molar-refractivity contribution in [3.63, 3.8) is 0 Å². The van der Waals surface area contributed by atoms with Crippen molar-refractivity contribution < 1.29 is 14.3 Å². The number of rotatable bonds is 6. The van der Waals surface area contributed by atoms with Gasteiger partial charge in [0.15, 0.2) is 5.78 Å². The molecule has 0 heterocycles. The van der Waals surface area contributed by atoms with Crippen molar-refractivity contribution in [3.05, 3.63) is 64.9 Å². The molecular weight excluding hydrogens is 410 g/mol. The summed E-state index contributed by atoms with van der Waals surface area (Å²) >= 11 is 0. The van der Waals surface area contributed by atoms with E-state index in [1.165, 1.54) is 18.1 Å². The quantitative estimate of drug-likeness (QED) is 0.433. The van der Waals surface area contributed by atoms with Crippen molar-refractivity contribution in [3.8, 4) is 5.75 Å². The maximum atomic E-state index is 13.1. The molecular formula is C29H37NO3. The minimum Gasteiger partial charge on any atom is -0.497 e. The average molecular weight is 448 g/mol. The highest BCUT2D eigenvalue weighted by atomic mass is 16.5. The Morgan fingerprint density at radius 1 is 1.06 bits per heavy atom. The maximum absolute atomic E-state index is 13.1. The Bertz CT molecular complexity index is 1030. The van der Waals surface area contributed by atoms with Gasteiger partial charge in [0.2, 0.25) is 5.78 Å². The molecule has 0 aromatic heterocycles. The van der Waals surface area contributed by atoms with Gasteiger partial charge in [-0.2, -0.15) is 0 Å². The molecule has 1 aromatic carbocycles. The van der Waals surface area contributed by atoms with Crippen LogP contribution >= 0.6 is 0 Å². The van der Waals surface area contributed by atoms with Gasteiger partial charge in [-0.25, -0.2) is 0 Å². The third-order valence-electron chi connectivity index (χ3n) is 8.97. The second-order valence-electron chi connectivity index (χ2n) is 10.7. The first kappa shape index (κ1) is 23.5. The highest BCUT2D eigenvalue weighted by Crippen LogP contribution is 2.62. The number of ketones is 2. The fourth-order valence-corrected chi connectivity index (χ4v) is 6.44. The van der Waals surface area contributed by atoms with Crippen LogP contribution in [-0.4, -0.2) is 18.7 Å². The summed E-state index contributed by atoms with van der Waals surface area (Å²) in [6.45, 7) is 9.87. The molecule has 0 unspecified atom stereocenters. The summed E-state index contributed by atoms with van der Waals surface area (Å²) in [7, 11) is 1.63. The normalized spacial score (nSPS) is 31.8. The summed E-state index contributed by atoms with van der Waals surface area (Å²) in [5.74, 6) is 1.70. The van der Waals surface area contributed by atoms with Gasteiger partial charge in [-0.1, -0.05) is 44.6 Å². The summed E-state index contributed by atoms with van der Waals surface area (Å²) in [6.07, 6.45) is 10.8. The van der Waals surface area contributed by atoms with Crippen LogP contribution in [0.5, 0.6) is 5.75 Å². The Balaban J connectivity index is 1.48. The van der Waals surface area contributed by atoms with Crippen molar-refractivity contribution in [2.24, 2.45) is 22.7 Å². The molecule has 0 saturated heterocycles. The highest BCUT2D eigenvalue weighted by molar-refractivity contribution is 6.19. The van der Waals surface area contributed by atoms with Crippen LogP contribution in [0, 0.1) is 22.7 Å². The minimum absolute atomic E-state index is 0.00611. The molecule has 4 rings (SSSR count). The number of allylic oxidation sites excluding steroid dienone is 5. The van der Waals surface area contributed by atoms with E-state index < -0.39 is 0 Å². The van der Waals surface area contributed by atoms with E-state index in [9.17, 15) is 9.59 Å². The number of ether oxygens (including phenoxy) is 1. The predicted octanol–water partition coefficient (Wildman–Crippen LogP) is 5.94. The number of carbonyl (C=O) groups is 2. The van der Waals surface area contributed by atoms with Gasteiger partial charge >= 0.3 is 0 Å². The van der Waals surface area contributed by atoms with Crippen molar-refractivity contribution >= 4 is 11.6 Å². The van der Waals surface area contributed by atoms with Gasteiger partial charge in [0, 0.05) is 18.2 Å². The first-order valence-electron chi connectivity index (χ1n) is 12.2. The lowest BCUT2D eigenvalue weighted by Crippen LogP contribution is -2.50. The summed E-state index contributed by atoms with van der Waals surface area (Å²) in [4.78, 5) is 26.0. The van der Waals surface area contributed by atoms with Crippen LogP contribution < -0.4 is 10.1 Å². The van der Waals surface area contributed by atoms with Gasteiger partial charge in [-0.15, -0.1) is 0 Å². The molecule has 0 spiro atoms. The lowest BCUT2D eigenvalue weighted by Gasteiger charge is -2.58. The summed E-state index contributed by atoms with van der Waals surface area (Å²) in [5.41, 5.74) is 3.77. The van der Waals surface area contributed by atoms with E-state index >= 15 is 0 Å². The predicted molar refractivity (Wildman–Crippen MR) is 132 cm³/mol. The second-order valence-corrected chi connectivity index (χ2v) is 10.7. The van der Waals surface area contributed by atoms with Gasteiger partial charge in [0.25, 0.3) is 0 Å². The van der Waals surface area contributed by atoms with E-state index in [2.05, 4.69) is 39.1 Å². The second kappa shape index (κ2) is 8.96. The third-order valence-corrected chi connectivity index (χ3v) is 8.97. The monoisotopic (exact) mass is 447 g/mol. The Morgan fingerprint density at radius 2 is 1.79 bits per heavy atom. The van der Waals surface area contributed by atoms with Gasteiger partial charge in [0.05, 0.1) is 12.8 Å². The van der Waals surface area contributed by atoms with Crippen molar-refractivity contribution in [1.29, 1.82) is 0 Å². The molecule has 4 heteroatoms. The van der Waals surface area contributed by atoms with Crippen molar-refractivity contribution in [1.82, 2.24) is 5.32 Å². The molecule has 1 aromatic rings. The molecule has 1 fully saturated rings. The van der Waals surface area contributed by atoms with Crippen LogP contribution in [0.1, 0.15) is 65.4 Å². The van der Waals surface area contributed by atoms with Crippen LogP contribution in [0.4, 0.5) is 0 Å². The number of carbonyl (C=O) groups excluding carboxylic acids is 2. The lowest BCUT2D eigenvalue weighted by molar-refractivity contribution is -0.116. The molecule has 33 heavy (non-hydrogen) atoms. The Kier molecular flexibility index (Phi) is 6.39. The summed E-state index contributed by atoms with van der Waals surface area (Å²) in [6, 6.07) is 7.68. The summed E-state index contributed by atoms with van der Waals surface area (Å²) < 4.78 is 5.19. The van der Waals surface area contributed by atoms with Crippen molar-refractivity contribution in [2.45, 2.75) is 66.3 Å². The van der Waals surface area contributed by atoms with Gasteiger partial charge < -0.3 is 10.1 Å². The molecule has 0 amide bonds. The van der Waals surface area contributed by atoms with Crippen LogP contribution in [0.15, 0.2) is 59.3 Å². The van der Waals surface area contributed by atoms with Crippen LogP contribution in [-0.2, 0) is 16.1 Å². The fraction of sp³-hybridized carbons (Fsp3) is 0.517. The molecule has 176 valence electrons. The van der Waals surface area contributed by atoms with E-state index in [0.717, 1.165) is 30.6 Å². The topological polar surface area (TPSA) is 55.4 Å². The zero-order valence-electron chi connectivity index (χ0n) is 20.7. The number of methoxy groups -OCH3 is 1. The van der Waals surface area contributed by atoms with Gasteiger partial charge in [0.1, 0.15) is 5.75 Å². The first-order valence-corrected chi connectivity index (χ1v) is 12.2. The Labute approximate surface area is 198 Å². The lowest BCUT2D eigenvalue weighted by atomic mass is 9.46. The van der Waals surface area contributed by atoms with Gasteiger partial charge in [-0.3, -0.25) is 9.59 Å². The van der Waals surface area contributed by atoms with E-state index in [-0.39, 0.29) is 22.4 Å². The minimum atomic E-state index is -0.104. The zero-order valence-corrected chi connectivity index (χ0v) is 20.7. The smallest absolute Gasteiger partial charge is 0.202 e. The standard InChI is InChI=1S/C29H37NO3/c1-19-7-6-8-27-28(19,3)14-13-20(2)29(27,4)17-22-15-26(32)24(16-25(22)31)30-18-21-9-11-23(33-5)12-10-21/h7,9-12,15-16,20,27,30H,6,8,13-14,17-18H2,1-5H3/t20-,27+,28+,29+/m0/s1. The molecule has 3 aliphatic rings. The van der Waals surface area contributed by atoms with Crippen LogP contribution in [0.25, 0.3) is 0 Å². The van der Waals surface area contributed by atoms with Gasteiger partial charge in [-0.05, 0) is 85.5 Å². The van der Waals surface area contributed by atoms with Crippen molar-refractivity contribution in [2.75, 3.05) is 7.11 Å². The van der Waals surface area contributed by atoms with E-state index in [0.29, 0.717) is 36.1 Å². The molecule has 1 saturated carbocycles. The highest BCUT2D eigenvalue weighted by Gasteiger charge is 2.53. The third kappa shape index (κ3) is 4.32. The van der Waals surface area contributed by atoms with E-state index in [1.54, 1.807) is 13.2 Å². The number of hydrogen-bond donors (Lipinski definition) is 1. The number of hydrogen-bond acceptors (Lipinski definition) is 4. The van der Waals surface area contributed by atoms with Crippen LogP contribution in [0.3, 0.4) is 0 Å². The molecule has 0 aliphatic heterocycles. The maximum Gasteiger partial charge on any atom is 0.202 e. The number of fused-ring (bicyclic) bond motifs is 1. The molecule has 0 radical (unpaired) electrons.